The standard InChI is InChI=1S/C16H22N2O2/c1-10(2)15-16(20)17-9-14(19)18(15)12(4)13-7-5-11(3)6-8-13/h5-8,10,12,15H,9H2,1-4H3,(H,17,20). The first-order valence-corrected chi connectivity index (χ1v) is 7.07. The van der Waals surface area contributed by atoms with Crippen molar-refractivity contribution in [1.82, 2.24) is 10.2 Å². The number of carbonyl (C=O) groups is 2. The number of piperazine rings is 1. The van der Waals surface area contributed by atoms with Crippen LogP contribution in [0.4, 0.5) is 0 Å². The smallest absolute Gasteiger partial charge is 0.243 e. The molecule has 1 aromatic rings. The van der Waals surface area contributed by atoms with E-state index in [4.69, 9.17) is 0 Å². The maximum Gasteiger partial charge on any atom is 0.243 e. The lowest BCUT2D eigenvalue weighted by atomic mass is 9.95. The molecule has 1 aromatic carbocycles. The Morgan fingerprint density at radius 1 is 1.15 bits per heavy atom. The molecule has 1 fully saturated rings. The van der Waals surface area contributed by atoms with E-state index in [2.05, 4.69) is 5.32 Å². The fraction of sp³-hybridized carbons (Fsp3) is 0.500. The predicted octanol–water partition coefficient (Wildman–Crippen LogP) is 2.04. The summed E-state index contributed by atoms with van der Waals surface area (Å²) < 4.78 is 0. The highest BCUT2D eigenvalue weighted by molar-refractivity contribution is 5.95. The van der Waals surface area contributed by atoms with E-state index in [9.17, 15) is 9.59 Å². The number of nitrogens with one attached hydrogen (secondary N) is 1. The Balaban J connectivity index is 2.33. The molecule has 4 heteroatoms. The molecular weight excluding hydrogens is 252 g/mol. The number of hydrogen-bond acceptors (Lipinski definition) is 2. The van der Waals surface area contributed by atoms with E-state index >= 15 is 0 Å². The van der Waals surface area contributed by atoms with Gasteiger partial charge in [0.1, 0.15) is 6.04 Å². The number of aryl methyl sites for hydroxylation is 1. The van der Waals surface area contributed by atoms with E-state index in [0.717, 1.165) is 5.56 Å². The van der Waals surface area contributed by atoms with Gasteiger partial charge in [-0.2, -0.15) is 0 Å². The minimum atomic E-state index is -0.396. The molecule has 0 spiro atoms. The second kappa shape index (κ2) is 5.65. The summed E-state index contributed by atoms with van der Waals surface area (Å²) in [6.07, 6.45) is 0. The average Bonchev–Trinajstić information content (AvgIpc) is 2.40. The van der Waals surface area contributed by atoms with E-state index in [-0.39, 0.29) is 30.3 Å². The molecule has 1 aliphatic heterocycles. The molecule has 2 atom stereocenters. The van der Waals surface area contributed by atoms with Crippen LogP contribution in [0.3, 0.4) is 0 Å². The van der Waals surface area contributed by atoms with Crippen molar-refractivity contribution in [2.75, 3.05) is 6.54 Å². The van der Waals surface area contributed by atoms with Crippen LogP contribution >= 0.6 is 0 Å². The SMILES string of the molecule is Cc1ccc(C(C)N2C(=O)CNC(=O)C2C(C)C)cc1. The van der Waals surface area contributed by atoms with Crippen LogP contribution in [0.5, 0.6) is 0 Å². The number of carbonyl (C=O) groups excluding carboxylic acids is 2. The highest BCUT2D eigenvalue weighted by Gasteiger charge is 2.39. The van der Waals surface area contributed by atoms with E-state index in [1.807, 2.05) is 52.0 Å². The van der Waals surface area contributed by atoms with Gasteiger partial charge in [0.05, 0.1) is 12.6 Å². The van der Waals surface area contributed by atoms with Crippen LogP contribution in [0.15, 0.2) is 24.3 Å². The zero-order valence-corrected chi connectivity index (χ0v) is 12.5. The average molecular weight is 274 g/mol. The lowest BCUT2D eigenvalue weighted by Crippen LogP contribution is -2.60. The minimum absolute atomic E-state index is 0.0172. The molecule has 0 aromatic heterocycles. The minimum Gasteiger partial charge on any atom is -0.345 e. The third-order valence-corrected chi connectivity index (χ3v) is 3.88. The molecule has 1 heterocycles. The summed E-state index contributed by atoms with van der Waals surface area (Å²) in [5, 5.41) is 2.68. The zero-order chi connectivity index (χ0) is 14.9. The first-order valence-electron chi connectivity index (χ1n) is 7.07. The van der Waals surface area contributed by atoms with Gasteiger partial charge in [0.25, 0.3) is 0 Å². The topological polar surface area (TPSA) is 49.4 Å². The molecule has 2 amide bonds. The highest BCUT2D eigenvalue weighted by atomic mass is 16.2. The van der Waals surface area contributed by atoms with Crippen molar-refractivity contribution in [3.8, 4) is 0 Å². The van der Waals surface area contributed by atoms with Crippen molar-refractivity contribution in [3.05, 3.63) is 35.4 Å². The lowest BCUT2D eigenvalue weighted by molar-refractivity contribution is -0.150. The molecule has 20 heavy (non-hydrogen) atoms. The largest absolute Gasteiger partial charge is 0.345 e. The summed E-state index contributed by atoms with van der Waals surface area (Å²) in [4.78, 5) is 26.1. The molecule has 1 N–H and O–H groups in total. The fourth-order valence-corrected chi connectivity index (χ4v) is 2.73. The third kappa shape index (κ3) is 2.69. The van der Waals surface area contributed by atoms with E-state index in [0.29, 0.717) is 0 Å². The Morgan fingerprint density at radius 3 is 2.30 bits per heavy atom. The Labute approximate surface area is 120 Å². The van der Waals surface area contributed by atoms with E-state index in [1.54, 1.807) is 4.90 Å². The zero-order valence-electron chi connectivity index (χ0n) is 12.5. The summed E-state index contributed by atoms with van der Waals surface area (Å²) in [6.45, 7) is 8.05. The Bertz CT molecular complexity index is 508. The maximum absolute atomic E-state index is 12.2. The van der Waals surface area contributed by atoms with Crippen LogP contribution in [0.2, 0.25) is 0 Å². The van der Waals surface area contributed by atoms with Crippen molar-refractivity contribution in [3.63, 3.8) is 0 Å². The van der Waals surface area contributed by atoms with Crippen LogP contribution in [0.25, 0.3) is 0 Å². The first kappa shape index (κ1) is 14.6. The van der Waals surface area contributed by atoms with Gasteiger partial charge in [0, 0.05) is 0 Å². The summed E-state index contributed by atoms with van der Waals surface area (Å²) in [5.74, 6) is 0.0158. The third-order valence-electron chi connectivity index (χ3n) is 3.88. The van der Waals surface area contributed by atoms with Crippen molar-refractivity contribution in [1.29, 1.82) is 0 Å². The van der Waals surface area contributed by atoms with Gasteiger partial charge in [-0.05, 0) is 25.3 Å². The second-order valence-corrected chi connectivity index (χ2v) is 5.79. The molecule has 0 bridgehead atoms. The maximum atomic E-state index is 12.2. The highest BCUT2D eigenvalue weighted by Crippen LogP contribution is 2.27. The molecule has 2 rings (SSSR count). The fourth-order valence-electron chi connectivity index (χ4n) is 2.73. The molecule has 4 nitrogen and oxygen atoms in total. The number of rotatable bonds is 3. The van der Waals surface area contributed by atoms with E-state index in [1.165, 1.54) is 5.56 Å². The number of amides is 2. The number of hydrogen-bond donors (Lipinski definition) is 1. The number of nitrogens with zero attached hydrogens (tertiary/aromatic N) is 1. The predicted molar refractivity (Wildman–Crippen MR) is 78.1 cm³/mol. The summed E-state index contributed by atoms with van der Waals surface area (Å²) in [7, 11) is 0. The number of benzene rings is 1. The second-order valence-electron chi connectivity index (χ2n) is 5.79. The molecule has 1 saturated heterocycles. The summed E-state index contributed by atoms with van der Waals surface area (Å²) in [6, 6.07) is 7.62. The monoisotopic (exact) mass is 274 g/mol. The molecule has 0 aliphatic carbocycles. The Hall–Kier alpha value is -1.84. The molecule has 0 radical (unpaired) electrons. The molecular formula is C16H22N2O2. The van der Waals surface area contributed by atoms with Gasteiger partial charge in [-0.1, -0.05) is 43.7 Å². The van der Waals surface area contributed by atoms with Crippen LogP contribution in [-0.2, 0) is 9.59 Å². The van der Waals surface area contributed by atoms with Crippen molar-refractivity contribution >= 4 is 11.8 Å². The van der Waals surface area contributed by atoms with Gasteiger partial charge in [-0.15, -0.1) is 0 Å². The van der Waals surface area contributed by atoms with Crippen LogP contribution < -0.4 is 5.32 Å². The van der Waals surface area contributed by atoms with Gasteiger partial charge in [-0.3, -0.25) is 9.59 Å². The van der Waals surface area contributed by atoms with Crippen molar-refractivity contribution < 1.29 is 9.59 Å². The van der Waals surface area contributed by atoms with Crippen molar-refractivity contribution in [2.24, 2.45) is 5.92 Å². The Morgan fingerprint density at radius 2 is 1.75 bits per heavy atom. The van der Waals surface area contributed by atoms with Gasteiger partial charge >= 0.3 is 0 Å². The normalized spacial score (nSPS) is 21.1. The van der Waals surface area contributed by atoms with Crippen LogP contribution in [0.1, 0.15) is 37.9 Å². The van der Waals surface area contributed by atoms with Gasteiger partial charge in [0.2, 0.25) is 11.8 Å². The summed E-state index contributed by atoms with van der Waals surface area (Å²) in [5.41, 5.74) is 2.24. The van der Waals surface area contributed by atoms with Crippen molar-refractivity contribution in [2.45, 2.75) is 39.8 Å². The van der Waals surface area contributed by atoms with Crippen LogP contribution in [-0.4, -0.2) is 29.3 Å². The van der Waals surface area contributed by atoms with Gasteiger partial charge in [-0.25, -0.2) is 0 Å². The lowest BCUT2D eigenvalue weighted by Gasteiger charge is -2.41. The van der Waals surface area contributed by atoms with E-state index < -0.39 is 6.04 Å². The van der Waals surface area contributed by atoms with Crippen LogP contribution in [0, 0.1) is 12.8 Å². The molecule has 108 valence electrons. The molecule has 2 unspecified atom stereocenters. The van der Waals surface area contributed by atoms with Gasteiger partial charge < -0.3 is 10.2 Å². The Kier molecular flexibility index (Phi) is 4.12. The summed E-state index contributed by atoms with van der Waals surface area (Å²) >= 11 is 0. The first-order chi connectivity index (χ1) is 9.41. The van der Waals surface area contributed by atoms with Gasteiger partial charge in [0.15, 0.2) is 0 Å². The quantitative estimate of drug-likeness (QED) is 0.917. The molecule has 1 aliphatic rings. The molecule has 0 saturated carbocycles.